The molecule has 0 fully saturated rings. The molecule has 8 nitrogen and oxygen atoms in total. The maximum Gasteiger partial charge on any atom is 0.358 e. The molecule has 0 saturated carbocycles. The van der Waals surface area contributed by atoms with Crippen molar-refractivity contribution in [2.45, 2.75) is 34.6 Å². The van der Waals surface area contributed by atoms with Gasteiger partial charge < -0.3 is 9.72 Å². The second-order valence-corrected chi connectivity index (χ2v) is 4.48. The Kier molecular flexibility index (Phi) is 7.58. The van der Waals surface area contributed by atoms with Crippen molar-refractivity contribution in [1.29, 1.82) is 0 Å². The molecule has 1 N–H and O–H groups in total. The topological polar surface area (TPSA) is 94.3 Å². The predicted octanol–water partition coefficient (Wildman–Crippen LogP) is 2.65. The van der Waals surface area contributed by atoms with Crippen LogP contribution in [-0.2, 0) is 11.8 Å². The van der Waals surface area contributed by atoms with E-state index in [1.54, 1.807) is 37.2 Å². The first-order chi connectivity index (χ1) is 12.1. The van der Waals surface area contributed by atoms with E-state index in [1.165, 1.54) is 10.6 Å². The van der Waals surface area contributed by atoms with Crippen LogP contribution >= 0.6 is 0 Å². The average Bonchev–Trinajstić information content (AvgIpc) is 3.25. The number of aromatic amines is 1. The molecule has 0 aliphatic rings. The SMILES string of the molecule is CC.CC.CCOC(=O)c1cc2c(=O)[nH]c(-c3cnn(C)c3)cn2n1. The van der Waals surface area contributed by atoms with E-state index in [1.807, 2.05) is 27.7 Å². The molecule has 136 valence electrons. The number of aryl methyl sites for hydroxylation is 1. The van der Waals surface area contributed by atoms with Crippen molar-refractivity contribution in [3.8, 4) is 11.3 Å². The van der Waals surface area contributed by atoms with Crippen molar-refractivity contribution in [2.75, 3.05) is 6.61 Å². The van der Waals surface area contributed by atoms with Crippen LogP contribution < -0.4 is 5.56 Å². The van der Waals surface area contributed by atoms with Gasteiger partial charge in [0.25, 0.3) is 5.56 Å². The summed E-state index contributed by atoms with van der Waals surface area (Å²) in [5.41, 5.74) is 1.37. The molecule has 0 amide bonds. The highest BCUT2D eigenvalue weighted by Crippen LogP contribution is 2.14. The average molecular weight is 347 g/mol. The zero-order valence-electron chi connectivity index (χ0n) is 15.5. The molecule has 3 aromatic rings. The van der Waals surface area contributed by atoms with Crippen LogP contribution in [0.2, 0.25) is 0 Å². The zero-order valence-corrected chi connectivity index (χ0v) is 15.5. The summed E-state index contributed by atoms with van der Waals surface area (Å²) in [6.07, 6.45) is 5.04. The van der Waals surface area contributed by atoms with E-state index in [0.717, 1.165) is 5.56 Å². The molecule has 8 heteroatoms. The molecule has 3 heterocycles. The molecular formula is C17H25N5O3. The van der Waals surface area contributed by atoms with Crippen LogP contribution in [0.3, 0.4) is 0 Å². The molecule has 0 atom stereocenters. The van der Waals surface area contributed by atoms with Crippen LogP contribution in [0, 0.1) is 0 Å². The minimum atomic E-state index is -0.552. The van der Waals surface area contributed by atoms with Crippen LogP contribution in [0.1, 0.15) is 45.1 Å². The van der Waals surface area contributed by atoms with Crippen molar-refractivity contribution in [1.82, 2.24) is 24.4 Å². The molecular weight excluding hydrogens is 322 g/mol. The van der Waals surface area contributed by atoms with Crippen LogP contribution in [0.25, 0.3) is 16.8 Å². The molecule has 0 radical (unpaired) electrons. The molecule has 25 heavy (non-hydrogen) atoms. The van der Waals surface area contributed by atoms with Crippen molar-refractivity contribution in [2.24, 2.45) is 7.05 Å². The molecule has 0 spiro atoms. The first-order valence-corrected chi connectivity index (χ1v) is 8.37. The molecule has 0 bridgehead atoms. The predicted molar refractivity (Wildman–Crippen MR) is 96.7 cm³/mol. The van der Waals surface area contributed by atoms with E-state index >= 15 is 0 Å². The summed E-state index contributed by atoms with van der Waals surface area (Å²) in [5.74, 6) is -0.552. The van der Waals surface area contributed by atoms with Crippen LogP contribution in [0.5, 0.6) is 0 Å². The fourth-order valence-electron chi connectivity index (χ4n) is 2.02. The van der Waals surface area contributed by atoms with Gasteiger partial charge in [-0.25, -0.2) is 9.31 Å². The number of hydrogen-bond donors (Lipinski definition) is 1. The van der Waals surface area contributed by atoms with Crippen LogP contribution in [0.15, 0.2) is 29.5 Å². The lowest BCUT2D eigenvalue weighted by molar-refractivity contribution is 0.0519. The fraction of sp³-hybridized carbons (Fsp3) is 0.412. The maximum absolute atomic E-state index is 12.1. The van der Waals surface area contributed by atoms with Gasteiger partial charge in [-0.05, 0) is 6.92 Å². The number of rotatable bonds is 3. The number of nitrogens with one attached hydrogen (secondary N) is 1. The Hall–Kier alpha value is -2.90. The van der Waals surface area contributed by atoms with Crippen molar-refractivity contribution < 1.29 is 9.53 Å². The number of carbonyl (C=O) groups excluding carboxylic acids is 1. The summed E-state index contributed by atoms with van der Waals surface area (Å²) in [6.45, 7) is 9.96. The lowest BCUT2D eigenvalue weighted by atomic mass is 10.3. The minimum absolute atomic E-state index is 0.102. The van der Waals surface area contributed by atoms with Gasteiger partial charge in [-0.2, -0.15) is 10.2 Å². The van der Waals surface area contributed by atoms with Crippen molar-refractivity contribution in [3.63, 3.8) is 0 Å². The Labute approximate surface area is 146 Å². The third-order valence-corrected chi connectivity index (χ3v) is 2.97. The minimum Gasteiger partial charge on any atom is -0.461 e. The standard InChI is InChI=1S/C13H13N5O3.2C2H6/c1-3-21-13(20)9-4-11-12(19)15-10(7-18(11)16-9)8-5-14-17(2)6-8;2*1-2/h4-7H,3H2,1-2H3,(H,15,19);2*1-2H3. The highest BCUT2D eigenvalue weighted by Gasteiger charge is 2.14. The van der Waals surface area contributed by atoms with Gasteiger partial charge in [0, 0.05) is 24.9 Å². The number of fused-ring (bicyclic) bond motifs is 1. The summed E-state index contributed by atoms with van der Waals surface area (Å²) < 4.78 is 7.87. The van der Waals surface area contributed by atoms with Gasteiger partial charge in [0.2, 0.25) is 0 Å². The summed E-state index contributed by atoms with van der Waals surface area (Å²) >= 11 is 0. The highest BCUT2D eigenvalue weighted by atomic mass is 16.5. The number of esters is 1. The first kappa shape index (κ1) is 20.1. The van der Waals surface area contributed by atoms with Crippen LogP contribution in [0.4, 0.5) is 0 Å². The second-order valence-electron chi connectivity index (χ2n) is 4.48. The number of nitrogens with zero attached hydrogens (tertiary/aromatic N) is 4. The first-order valence-electron chi connectivity index (χ1n) is 8.37. The summed E-state index contributed by atoms with van der Waals surface area (Å²) in [6, 6.07) is 1.41. The largest absolute Gasteiger partial charge is 0.461 e. The van der Waals surface area contributed by atoms with Gasteiger partial charge in [-0.1, -0.05) is 27.7 Å². The number of aromatic nitrogens is 5. The number of ether oxygens (including phenoxy) is 1. The smallest absolute Gasteiger partial charge is 0.358 e. The molecule has 3 rings (SSSR count). The lowest BCUT2D eigenvalue weighted by Gasteiger charge is -1.98. The summed E-state index contributed by atoms with van der Waals surface area (Å²) in [5, 5.41) is 8.13. The van der Waals surface area contributed by atoms with E-state index < -0.39 is 5.97 Å². The number of carbonyl (C=O) groups is 1. The molecule has 0 aromatic carbocycles. The lowest BCUT2D eigenvalue weighted by Crippen LogP contribution is -2.10. The van der Waals surface area contributed by atoms with Gasteiger partial charge in [-0.3, -0.25) is 9.48 Å². The maximum atomic E-state index is 12.1. The summed E-state index contributed by atoms with van der Waals surface area (Å²) in [4.78, 5) is 26.5. The molecule has 0 saturated heterocycles. The second kappa shape index (κ2) is 9.41. The van der Waals surface area contributed by atoms with Crippen LogP contribution in [-0.4, -0.2) is 37.0 Å². The highest BCUT2D eigenvalue weighted by molar-refractivity contribution is 5.88. The van der Waals surface area contributed by atoms with E-state index in [9.17, 15) is 9.59 Å². The van der Waals surface area contributed by atoms with Crippen molar-refractivity contribution >= 4 is 11.5 Å². The normalized spacial score (nSPS) is 9.68. The van der Waals surface area contributed by atoms with Gasteiger partial charge >= 0.3 is 5.97 Å². The Balaban J connectivity index is 0.000000730. The monoisotopic (exact) mass is 347 g/mol. The molecule has 0 unspecified atom stereocenters. The van der Waals surface area contributed by atoms with E-state index in [4.69, 9.17) is 4.74 Å². The Morgan fingerprint density at radius 2 is 1.92 bits per heavy atom. The van der Waals surface area contributed by atoms with Gasteiger partial charge in [0.15, 0.2) is 5.69 Å². The van der Waals surface area contributed by atoms with E-state index in [0.29, 0.717) is 5.69 Å². The quantitative estimate of drug-likeness (QED) is 0.735. The zero-order chi connectivity index (χ0) is 19.0. The molecule has 0 aliphatic heterocycles. The third-order valence-electron chi connectivity index (χ3n) is 2.97. The Bertz CT molecular complexity index is 876. The van der Waals surface area contributed by atoms with E-state index in [2.05, 4.69) is 15.2 Å². The van der Waals surface area contributed by atoms with E-state index in [-0.39, 0.29) is 23.4 Å². The fourth-order valence-corrected chi connectivity index (χ4v) is 2.02. The van der Waals surface area contributed by atoms with Crippen molar-refractivity contribution in [3.05, 3.63) is 40.7 Å². The number of hydrogen-bond acceptors (Lipinski definition) is 5. The Morgan fingerprint density at radius 3 is 2.48 bits per heavy atom. The molecule has 0 aliphatic carbocycles. The van der Waals surface area contributed by atoms with Gasteiger partial charge in [0.1, 0.15) is 5.52 Å². The Morgan fingerprint density at radius 1 is 1.24 bits per heavy atom. The number of H-pyrrole nitrogens is 1. The molecule has 3 aromatic heterocycles. The third kappa shape index (κ3) is 4.56. The van der Waals surface area contributed by atoms with Gasteiger partial charge in [0.05, 0.1) is 24.7 Å². The summed E-state index contributed by atoms with van der Waals surface area (Å²) in [7, 11) is 1.78. The van der Waals surface area contributed by atoms with Gasteiger partial charge in [-0.15, -0.1) is 0 Å².